The first-order valence-corrected chi connectivity index (χ1v) is 8.42. The number of aromatic carboxylic acids is 1. The molecule has 1 saturated heterocycles. The van der Waals surface area contributed by atoms with E-state index in [1.54, 1.807) is 0 Å². The van der Waals surface area contributed by atoms with Crippen LogP contribution in [0.4, 0.5) is 5.69 Å². The second kappa shape index (κ2) is 4.28. The number of rotatable bonds is 2. The Morgan fingerprint density at radius 2 is 1.71 bits per heavy atom. The van der Waals surface area contributed by atoms with Gasteiger partial charge < -0.3 is 5.11 Å². The third-order valence-electron chi connectivity index (χ3n) is 6.29. The minimum absolute atomic E-state index is 0.0872. The molecule has 2 saturated carbocycles. The monoisotopic (exact) mass is 343 g/mol. The summed E-state index contributed by atoms with van der Waals surface area (Å²) in [5, 5.41) is 9.30. The van der Waals surface area contributed by atoms with Gasteiger partial charge in [0.2, 0.25) is 11.8 Å². The summed E-state index contributed by atoms with van der Waals surface area (Å²) in [5.41, 5.74) is 0.343. The maximum Gasteiger partial charge on any atom is 0.337 e. The molecule has 5 nitrogen and oxygen atoms in total. The molecule has 24 heavy (non-hydrogen) atoms. The Kier molecular flexibility index (Phi) is 2.53. The number of nitrogens with zero attached hydrogens (tertiary/aromatic N) is 1. The molecule has 4 aliphatic rings. The van der Waals surface area contributed by atoms with Gasteiger partial charge in [0.05, 0.1) is 28.1 Å². The number of carbonyl (C=O) groups excluding carboxylic acids is 2. The van der Waals surface area contributed by atoms with Gasteiger partial charge in [-0.1, -0.05) is 23.8 Å². The summed E-state index contributed by atoms with van der Waals surface area (Å²) in [4.78, 5) is 38.4. The van der Waals surface area contributed by atoms with Crippen molar-refractivity contribution < 1.29 is 19.5 Å². The maximum atomic E-state index is 13.0. The molecule has 0 unspecified atom stereocenters. The molecule has 1 heterocycles. The van der Waals surface area contributed by atoms with Crippen LogP contribution in [0.3, 0.4) is 0 Å². The van der Waals surface area contributed by atoms with Crippen molar-refractivity contribution in [3.05, 3.63) is 40.9 Å². The number of imide groups is 1. The van der Waals surface area contributed by atoms with Crippen LogP contribution in [0.25, 0.3) is 0 Å². The molecular weight excluding hydrogens is 330 g/mol. The molecular formula is C18H14ClNO4. The Balaban J connectivity index is 1.56. The molecule has 3 aliphatic carbocycles. The van der Waals surface area contributed by atoms with E-state index >= 15 is 0 Å². The number of amides is 2. The van der Waals surface area contributed by atoms with E-state index in [1.165, 1.54) is 23.1 Å². The van der Waals surface area contributed by atoms with Gasteiger partial charge in [0.1, 0.15) is 0 Å². The fourth-order valence-corrected chi connectivity index (χ4v) is 5.35. The topological polar surface area (TPSA) is 74.7 Å². The zero-order chi connectivity index (χ0) is 16.8. The Labute approximate surface area is 142 Å². The first kappa shape index (κ1) is 14.2. The van der Waals surface area contributed by atoms with Gasteiger partial charge in [0.25, 0.3) is 0 Å². The van der Waals surface area contributed by atoms with Crippen LogP contribution in [-0.2, 0) is 9.59 Å². The molecule has 5 rings (SSSR count). The Morgan fingerprint density at radius 3 is 2.21 bits per heavy atom. The van der Waals surface area contributed by atoms with E-state index in [4.69, 9.17) is 11.6 Å². The van der Waals surface area contributed by atoms with Crippen LogP contribution in [0.2, 0.25) is 5.02 Å². The molecule has 1 spiro atoms. The van der Waals surface area contributed by atoms with Crippen molar-refractivity contribution in [2.45, 2.75) is 12.8 Å². The molecule has 0 radical (unpaired) electrons. The molecule has 6 heteroatoms. The zero-order valence-electron chi connectivity index (χ0n) is 12.6. The highest BCUT2D eigenvalue weighted by molar-refractivity contribution is 6.34. The van der Waals surface area contributed by atoms with Crippen LogP contribution in [0.15, 0.2) is 30.4 Å². The largest absolute Gasteiger partial charge is 0.478 e. The minimum Gasteiger partial charge on any atom is -0.478 e. The lowest BCUT2D eigenvalue weighted by Crippen LogP contribution is -2.34. The average molecular weight is 344 g/mol. The predicted octanol–water partition coefficient (Wildman–Crippen LogP) is 2.74. The number of allylic oxidation sites excluding steroid dienone is 2. The fourth-order valence-electron chi connectivity index (χ4n) is 5.15. The van der Waals surface area contributed by atoms with E-state index in [-0.39, 0.29) is 51.5 Å². The minimum atomic E-state index is -1.18. The first-order valence-electron chi connectivity index (χ1n) is 8.05. The van der Waals surface area contributed by atoms with E-state index in [9.17, 15) is 19.5 Å². The molecule has 0 aromatic heterocycles. The quantitative estimate of drug-likeness (QED) is 0.662. The van der Waals surface area contributed by atoms with Crippen LogP contribution in [-0.4, -0.2) is 22.9 Å². The Morgan fingerprint density at radius 1 is 1.12 bits per heavy atom. The summed E-state index contributed by atoms with van der Waals surface area (Å²) in [7, 11) is 0. The summed E-state index contributed by atoms with van der Waals surface area (Å²) in [5.74, 6) is -1.86. The molecule has 1 aromatic rings. The first-order chi connectivity index (χ1) is 11.5. The fraction of sp³-hybridized carbons (Fsp3) is 0.389. The number of carboxylic acids is 1. The molecule has 2 amide bonds. The number of benzene rings is 1. The lowest BCUT2D eigenvalue weighted by molar-refractivity contribution is -0.123. The maximum absolute atomic E-state index is 13.0. The van der Waals surface area contributed by atoms with Gasteiger partial charge in [0.15, 0.2) is 0 Å². The Bertz CT molecular complexity index is 823. The van der Waals surface area contributed by atoms with Crippen molar-refractivity contribution in [3.8, 4) is 0 Å². The van der Waals surface area contributed by atoms with Crippen LogP contribution < -0.4 is 4.90 Å². The molecule has 122 valence electrons. The van der Waals surface area contributed by atoms with E-state index in [1.807, 2.05) is 0 Å². The third kappa shape index (κ3) is 1.49. The highest BCUT2D eigenvalue weighted by Crippen LogP contribution is 2.73. The molecule has 3 fully saturated rings. The van der Waals surface area contributed by atoms with Crippen molar-refractivity contribution in [3.63, 3.8) is 0 Å². The number of anilines is 1. The molecule has 1 aromatic carbocycles. The van der Waals surface area contributed by atoms with Gasteiger partial charge in [-0.2, -0.15) is 0 Å². The van der Waals surface area contributed by atoms with Gasteiger partial charge in [-0.05, 0) is 48.3 Å². The second-order valence-corrected chi connectivity index (χ2v) is 7.61. The van der Waals surface area contributed by atoms with Crippen molar-refractivity contribution in [2.75, 3.05) is 4.90 Å². The SMILES string of the molecule is O=C(O)c1cc(N2C(=O)[C@H]3[C@H](C2=O)[C@@H]2C=C[C@H]3C23CC3)ccc1Cl. The molecule has 2 bridgehead atoms. The standard InChI is InChI=1S/C18H14ClNO4/c19-12-4-1-8(7-9(12)17(23)24)20-15(21)13-10-2-3-11(14(13)16(20)22)18(10)5-6-18/h1-4,7,10-11,13-14H,5-6H2,(H,23,24)/t10-,11+,13-,14-/m1/s1. The number of fused-ring (bicyclic) bond motifs is 3. The average Bonchev–Trinajstić information content (AvgIpc) is 3.14. The second-order valence-electron chi connectivity index (χ2n) is 7.20. The summed E-state index contributed by atoms with van der Waals surface area (Å²) in [6, 6.07) is 4.27. The van der Waals surface area contributed by atoms with Crippen LogP contribution in [0.5, 0.6) is 0 Å². The van der Waals surface area contributed by atoms with Crippen LogP contribution in [0, 0.1) is 29.1 Å². The van der Waals surface area contributed by atoms with E-state index in [0.717, 1.165) is 12.8 Å². The lowest BCUT2D eigenvalue weighted by atomic mass is 9.85. The summed E-state index contributed by atoms with van der Waals surface area (Å²) in [6.45, 7) is 0. The Hall–Kier alpha value is -2.14. The number of hydrogen-bond acceptors (Lipinski definition) is 3. The van der Waals surface area contributed by atoms with Gasteiger partial charge in [-0.15, -0.1) is 0 Å². The van der Waals surface area contributed by atoms with Crippen LogP contribution in [0.1, 0.15) is 23.2 Å². The van der Waals surface area contributed by atoms with Gasteiger partial charge in [-0.25, -0.2) is 9.69 Å². The zero-order valence-corrected chi connectivity index (χ0v) is 13.4. The van der Waals surface area contributed by atoms with Crippen molar-refractivity contribution in [1.29, 1.82) is 0 Å². The molecule has 4 atom stereocenters. The van der Waals surface area contributed by atoms with Crippen LogP contribution >= 0.6 is 11.6 Å². The van der Waals surface area contributed by atoms with Crippen molar-refractivity contribution in [1.82, 2.24) is 0 Å². The third-order valence-corrected chi connectivity index (χ3v) is 6.62. The van der Waals surface area contributed by atoms with Crippen molar-refractivity contribution in [2.24, 2.45) is 29.1 Å². The molecule has 1 aliphatic heterocycles. The highest BCUT2D eigenvalue weighted by Gasteiger charge is 2.73. The lowest BCUT2D eigenvalue weighted by Gasteiger charge is -2.22. The highest BCUT2D eigenvalue weighted by atomic mass is 35.5. The van der Waals surface area contributed by atoms with E-state index in [0.29, 0.717) is 5.69 Å². The summed E-state index contributed by atoms with van der Waals surface area (Å²) < 4.78 is 0. The normalized spacial score (nSPS) is 34.3. The van der Waals surface area contributed by atoms with E-state index in [2.05, 4.69) is 12.2 Å². The number of hydrogen-bond donors (Lipinski definition) is 1. The van der Waals surface area contributed by atoms with Crippen molar-refractivity contribution >= 4 is 35.1 Å². The number of carbonyl (C=O) groups is 3. The predicted molar refractivity (Wildman–Crippen MR) is 85.7 cm³/mol. The van der Waals surface area contributed by atoms with E-state index < -0.39 is 5.97 Å². The van der Waals surface area contributed by atoms with Gasteiger partial charge >= 0.3 is 5.97 Å². The number of halogens is 1. The summed E-state index contributed by atoms with van der Waals surface area (Å²) >= 11 is 5.89. The summed E-state index contributed by atoms with van der Waals surface area (Å²) in [6.07, 6.45) is 6.40. The smallest absolute Gasteiger partial charge is 0.337 e. The van der Waals surface area contributed by atoms with Gasteiger partial charge in [-0.3, -0.25) is 9.59 Å². The van der Waals surface area contributed by atoms with Gasteiger partial charge in [0, 0.05) is 0 Å². The number of carboxylic acid groups (broad SMARTS) is 1. The molecule has 1 N–H and O–H groups in total.